The van der Waals surface area contributed by atoms with Gasteiger partial charge in [-0.25, -0.2) is 0 Å². The number of benzene rings is 2. The first-order chi connectivity index (χ1) is 15.3. The molecule has 2 amide bonds. The summed E-state index contributed by atoms with van der Waals surface area (Å²) in [6.07, 6.45) is 1.70. The Kier molecular flexibility index (Phi) is 7.69. The molecule has 1 aliphatic rings. The molecule has 2 aromatic carbocycles. The Morgan fingerprint density at radius 1 is 1.16 bits per heavy atom. The highest BCUT2D eigenvalue weighted by Gasteiger charge is 2.39. The van der Waals surface area contributed by atoms with E-state index in [4.69, 9.17) is 0 Å². The molecule has 0 spiro atoms. The molecular weight excluding hydrogens is 422 g/mol. The quantitative estimate of drug-likeness (QED) is 0.644. The number of hydrogen-bond acceptors (Lipinski definition) is 6. The third-order valence-electron chi connectivity index (χ3n) is 5.05. The Labute approximate surface area is 193 Å². The predicted octanol–water partition coefficient (Wildman–Crippen LogP) is 4.05. The zero-order valence-corrected chi connectivity index (χ0v) is 19.9. The van der Waals surface area contributed by atoms with E-state index in [2.05, 4.69) is 15.4 Å². The minimum absolute atomic E-state index is 0.0591. The molecule has 0 aliphatic carbocycles. The van der Waals surface area contributed by atoms with Crippen molar-refractivity contribution in [2.75, 3.05) is 30.9 Å². The molecule has 1 unspecified atom stereocenters. The van der Waals surface area contributed by atoms with Crippen LogP contribution in [-0.2, 0) is 9.59 Å². The van der Waals surface area contributed by atoms with Gasteiger partial charge in [0.2, 0.25) is 5.91 Å². The van der Waals surface area contributed by atoms with E-state index in [1.54, 1.807) is 6.21 Å². The molecule has 1 saturated heterocycles. The zero-order valence-electron chi connectivity index (χ0n) is 19.1. The molecule has 1 atom stereocenters. The maximum absolute atomic E-state index is 13.0. The van der Waals surface area contributed by atoms with Gasteiger partial charge < -0.3 is 10.2 Å². The lowest BCUT2D eigenvalue weighted by Crippen LogP contribution is -2.30. The number of aryl methyl sites for hydroxylation is 2. The van der Waals surface area contributed by atoms with Crippen molar-refractivity contribution in [2.24, 2.45) is 10.1 Å². The van der Waals surface area contributed by atoms with Gasteiger partial charge in [-0.05, 0) is 49.6 Å². The maximum atomic E-state index is 13.0. The molecule has 1 N–H and O–H groups in total. The first-order valence-corrected chi connectivity index (χ1v) is 11.4. The number of carbonyl (C=O) groups is 2. The Hall–Kier alpha value is -3.13. The molecule has 2 aromatic rings. The molecule has 0 saturated carbocycles. The highest BCUT2D eigenvalue weighted by molar-refractivity contribution is 8.15. The molecule has 168 valence electrons. The second kappa shape index (κ2) is 10.5. The number of rotatable bonds is 7. The van der Waals surface area contributed by atoms with E-state index >= 15 is 0 Å². The number of anilines is 2. The van der Waals surface area contributed by atoms with Crippen LogP contribution in [0.1, 0.15) is 30.0 Å². The highest BCUT2D eigenvalue weighted by Crippen LogP contribution is 2.30. The average Bonchev–Trinajstić information content (AvgIpc) is 3.04. The van der Waals surface area contributed by atoms with Crippen LogP contribution in [0.3, 0.4) is 0 Å². The molecule has 1 aliphatic heterocycles. The van der Waals surface area contributed by atoms with Crippen LogP contribution in [0.5, 0.6) is 0 Å². The summed E-state index contributed by atoms with van der Waals surface area (Å²) in [5.41, 5.74) is 4.73. The van der Waals surface area contributed by atoms with Gasteiger partial charge >= 0.3 is 0 Å². The van der Waals surface area contributed by atoms with Gasteiger partial charge in [-0.2, -0.15) is 10.1 Å². The van der Waals surface area contributed by atoms with Crippen LogP contribution in [0.15, 0.2) is 52.6 Å². The van der Waals surface area contributed by atoms with Crippen LogP contribution in [0.25, 0.3) is 0 Å². The standard InChI is InChI=1S/C24H29N5O2S/c1-6-25-24-29(26-15-18-10-12-19(13-11-18)28(4)5)23(31)20(32-24)14-21(30)27-22-16(2)8-7-9-17(22)3/h7-13,15,20H,6,14H2,1-5H3,(H,27,30). The fourth-order valence-corrected chi connectivity index (χ4v) is 4.42. The van der Waals surface area contributed by atoms with Crippen LogP contribution in [0.4, 0.5) is 11.4 Å². The van der Waals surface area contributed by atoms with E-state index in [0.29, 0.717) is 11.7 Å². The number of amides is 2. The molecule has 7 nitrogen and oxygen atoms in total. The second-order valence-corrected chi connectivity index (χ2v) is 8.93. The number of hydrogen-bond donors (Lipinski definition) is 1. The molecular formula is C24H29N5O2S. The monoisotopic (exact) mass is 451 g/mol. The summed E-state index contributed by atoms with van der Waals surface area (Å²) < 4.78 is 0. The Balaban J connectivity index is 1.71. The number of nitrogens with one attached hydrogen (secondary N) is 1. The average molecular weight is 452 g/mol. The molecule has 32 heavy (non-hydrogen) atoms. The van der Waals surface area contributed by atoms with Gasteiger partial charge in [0.05, 0.1) is 6.21 Å². The Morgan fingerprint density at radius 3 is 2.41 bits per heavy atom. The number of carbonyl (C=O) groups excluding carboxylic acids is 2. The number of aliphatic imine (C=N–C) groups is 1. The van der Waals surface area contributed by atoms with Crippen LogP contribution in [0.2, 0.25) is 0 Å². The molecule has 0 bridgehead atoms. The van der Waals surface area contributed by atoms with Crippen molar-refractivity contribution in [3.05, 3.63) is 59.2 Å². The van der Waals surface area contributed by atoms with Gasteiger partial charge in [0.15, 0.2) is 5.17 Å². The third-order valence-corrected chi connectivity index (χ3v) is 6.22. The van der Waals surface area contributed by atoms with Crippen LogP contribution >= 0.6 is 11.8 Å². The van der Waals surface area contributed by atoms with Gasteiger partial charge in [0.1, 0.15) is 5.25 Å². The molecule has 1 heterocycles. The summed E-state index contributed by atoms with van der Waals surface area (Å²) in [4.78, 5) is 32.1. The van der Waals surface area contributed by atoms with Gasteiger partial charge in [-0.3, -0.25) is 14.6 Å². The van der Waals surface area contributed by atoms with Crippen molar-refractivity contribution in [3.8, 4) is 0 Å². The van der Waals surface area contributed by atoms with Crippen molar-refractivity contribution >= 4 is 46.3 Å². The van der Waals surface area contributed by atoms with E-state index in [9.17, 15) is 9.59 Å². The minimum atomic E-state index is -0.558. The largest absolute Gasteiger partial charge is 0.378 e. The molecule has 0 aromatic heterocycles. The zero-order chi connectivity index (χ0) is 23.3. The highest BCUT2D eigenvalue weighted by atomic mass is 32.2. The summed E-state index contributed by atoms with van der Waals surface area (Å²) in [6, 6.07) is 13.7. The first kappa shape index (κ1) is 23.5. The van der Waals surface area contributed by atoms with Crippen molar-refractivity contribution in [1.29, 1.82) is 0 Å². The number of para-hydroxylation sites is 1. The number of thioether (sulfide) groups is 1. The van der Waals surface area contributed by atoms with E-state index in [-0.39, 0.29) is 18.2 Å². The van der Waals surface area contributed by atoms with Gasteiger partial charge in [-0.1, -0.05) is 42.1 Å². The van der Waals surface area contributed by atoms with Crippen molar-refractivity contribution < 1.29 is 9.59 Å². The number of hydrazone groups is 1. The lowest BCUT2D eigenvalue weighted by atomic mass is 10.1. The third kappa shape index (κ3) is 5.56. The fraction of sp³-hybridized carbons (Fsp3) is 0.333. The topological polar surface area (TPSA) is 77.4 Å². The van der Waals surface area contributed by atoms with Gasteiger partial charge in [0.25, 0.3) is 5.91 Å². The predicted molar refractivity (Wildman–Crippen MR) is 134 cm³/mol. The SMILES string of the molecule is CCN=C1SC(CC(=O)Nc2c(C)cccc2C)C(=O)N1N=Cc1ccc(N(C)C)cc1. The first-order valence-electron chi connectivity index (χ1n) is 10.5. The molecule has 3 rings (SSSR count). The summed E-state index contributed by atoms with van der Waals surface area (Å²) in [5.74, 6) is -0.436. The van der Waals surface area contributed by atoms with Gasteiger partial charge in [-0.15, -0.1) is 0 Å². The molecule has 8 heteroatoms. The van der Waals surface area contributed by atoms with E-state index < -0.39 is 5.25 Å². The fourth-order valence-electron chi connectivity index (χ4n) is 3.29. The second-order valence-electron chi connectivity index (χ2n) is 7.76. The summed E-state index contributed by atoms with van der Waals surface area (Å²) in [5, 5.41) is 8.61. The summed E-state index contributed by atoms with van der Waals surface area (Å²) >= 11 is 1.29. The lowest BCUT2D eigenvalue weighted by molar-refractivity contribution is -0.128. The summed E-state index contributed by atoms with van der Waals surface area (Å²) in [6.45, 7) is 6.33. The van der Waals surface area contributed by atoms with E-state index in [1.165, 1.54) is 16.8 Å². The number of amidine groups is 1. The number of nitrogens with zero attached hydrogens (tertiary/aromatic N) is 4. The Morgan fingerprint density at radius 2 is 1.81 bits per heavy atom. The van der Waals surface area contributed by atoms with Crippen molar-refractivity contribution in [3.63, 3.8) is 0 Å². The normalized spacial score (nSPS) is 17.4. The van der Waals surface area contributed by atoms with Crippen molar-refractivity contribution in [1.82, 2.24) is 5.01 Å². The van der Waals surface area contributed by atoms with Crippen molar-refractivity contribution in [2.45, 2.75) is 32.4 Å². The van der Waals surface area contributed by atoms with Crippen LogP contribution in [0, 0.1) is 13.8 Å². The van der Waals surface area contributed by atoms with E-state index in [1.807, 2.05) is 82.2 Å². The van der Waals surface area contributed by atoms with E-state index in [0.717, 1.165) is 28.1 Å². The van der Waals surface area contributed by atoms with Crippen LogP contribution < -0.4 is 10.2 Å². The van der Waals surface area contributed by atoms with Gasteiger partial charge in [0, 0.05) is 38.4 Å². The van der Waals surface area contributed by atoms with Crippen LogP contribution in [-0.4, -0.2) is 54.1 Å². The smallest absolute Gasteiger partial charge is 0.263 e. The summed E-state index contributed by atoms with van der Waals surface area (Å²) in [7, 11) is 3.96. The lowest BCUT2D eigenvalue weighted by Gasteiger charge is -2.13. The maximum Gasteiger partial charge on any atom is 0.263 e. The minimum Gasteiger partial charge on any atom is -0.378 e. The Bertz CT molecular complexity index is 1030. The molecule has 0 radical (unpaired) electrons. The molecule has 1 fully saturated rings.